The summed E-state index contributed by atoms with van der Waals surface area (Å²) in [5, 5.41) is 10.9. The van der Waals surface area contributed by atoms with E-state index in [1.54, 1.807) is 6.20 Å². The topological polar surface area (TPSA) is 71.1 Å². The molecule has 1 aliphatic rings. The van der Waals surface area contributed by atoms with Crippen molar-refractivity contribution in [3.05, 3.63) is 47.7 Å². The predicted octanol–water partition coefficient (Wildman–Crippen LogP) is 3.30. The molecule has 0 radical (unpaired) electrons. The Bertz CT molecular complexity index is 744. The first-order valence-corrected chi connectivity index (χ1v) is 7.55. The van der Waals surface area contributed by atoms with Crippen LogP contribution in [-0.2, 0) is 6.54 Å². The zero-order chi connectivity index (χ0) is 14.9. The van der Waals surface area contributed by atoms with Gasteiger partial charge in [0.25, 0.3) is 0 Å². The van der Waals surface area contributed by atoms with Gasteiger partial charge in [-0.1, -0.05) is 5.16 Å². The van der Waals surface area contributed by atoms with E-state index in [9.17, 15) is 0 Å². The highest BCUT2D eigenvalue weighted by Gasteiger charge is 2.29. The zero-order valence-corrected chi connectivity index (χ0v) is 12.5. The number of rotatable bonds is 4. The Morgan fingerprint density at radius 2 is 2.32 bits per heavy atom. The van der Waals surface area contributed by atoms with Gasteiger partial charge < -0.3 is 8.94 Å². The Labute approximate surface area is 128 Å². The van der Waals surface area contributed by atoms with Crippen LogP contribution in [0.4, 0.5) is 0 Å². The van der Waals surface area contributed by atoms with Crippen LogP contribution in [-0.4, -0.2) is 26.8 Å². The Kier molecular flexibility index (Phi) is 3.31. The Morgan fingerprint density at radius 3 is 3.09 bits per heavy atom. The molecule has 1 N–H and O–H groups in total. The van der Waals surface area contributed by atoms with Gasteiger partial charge in [-0.25, -0.2) is 0 Å². The minimum absolute atomic E-state index is 0.293. The molecule has 22 heavy (non-hydrogen) atoms. The fourth-order valence-electron chi connectivity index (χ4n) is 3.08. The van der Waals surface area contributed by atoms with Crippen LogP contribution in [0, 0.1) is 6.92 Å². The first-order valence-electron chi connectivity index (χ1n) is 7.55. The summed E-state index contributed by atoms with van der Waals surface area (Å²) < 4.78 is 11.4. The van der Waals surface area contributed by atoms with Crippen molar-refractivity contribution in [2.75, 3.05) is 6.54 Å². The molecular weight excluding hydrogens is 280 g/mol. The Morgan fingerprint density at radius 1 is 1.36 bits per heavy atom. The lowest BCUT2D eigenvalue weighted by Gasteiger charge is -2.20. The third-order valence-corrected chi connectivity index (χ3v) is 4.13. The van der Waals surface area contributed by atoms with Crippen molar-refractivity contribution in [3.63, 3.8) is 0 Å². The fraction of sp³-hybridized carbons (Fsp3) is 0.375. The van der Waals surface area contributed by atoms with Gasteiger partial charge in [-0.2, -0.15) is 5.10 Å². The summed E-state index contributed by atoms with van der Waals surface area (Å²) in [4.78, 5) is 2.38. The molecule has 0 aromatic carbocycles. The largest absolute Gasteiger partial charge is 0.458 e. The van der Waals surface area contributed by atoms with Gasteiger partial charge in [-0.15, -0.1) is 0 Å². The van der Waals surface area contributed by atoms with Gasteiger partial charge in [0.05, 0.1) is 18.3 Å². The number of aromatic nitrogens is 3. The molecule has 1 fully saturated rings. The highest BCUT2D eigenvalue weighted by atomic mass is 16.5. The number of furan rings is 1. The summed E-state index contributed by atoms with van der Waals surface area (Å²) in [5.41, 5.74) is 1.83. The van der Waals surface area contributed by atoms with E-state index in [2.05, 4.69) is 20.3 Å². The number of nitrogens with one attached hydrogen (secondary N) is 1. The summed E-state index contributed by atoms with van der Waals surface area (Å²) >= 11 is 0. The third kappa shape index (κ3) is 2.46. The number of likely N-dealkylation sites (tertiary alicyclic amines) is 1. The van der Waals surface area contributed by atoms with Crippen molar-refractivity contribution < 1.29 is 8.94 Å². The van der Waals surface area contributed by atoms with Crippen LogP contribution >= 0.6 is 0 Å². The highest BCUT2D eigenvalue weighted by Crippen LogP contribution is 2.34. The summed E-state index contributed by atoms with van der Waals surface area (Å²) in [7, 11) is 0. The second kappa shape index (κ2) is 5.46. The van der Waals surface area contributed by atoms with Crippen LogP contribution in [0.25, 0.3) is 11.5 Å². The van der Waals surface area contributed by atoms with Crippen molar-refractivity contribution in [3.8, 4) is 11.5 Å². The number of hydrogen-bond donors (Lipinski definition) is 1. The minimum Gasteiger partial charge on any atom is -0.458 e. The van der Waals surface area contributed by atoms with E-state index in [-0.39, 0.29) is 0 Å². The quantitative estimate of drug-likeness (QED) is 0.800. The molecule has 1 atom stereocenters. The van der Waals surface area contributed by atoms with Crippen LogP contribution in [0.15, 0.2) is 39.4 Å². The average Bonchev–Trinajstić information content (AvgIpc) is 3.26. The molecule has 3 aromatic heterocycles. The van der Waals surface area contributed by atoms with Crippen molar-refractivity contribution in [1.82, 2.24) is 20.3 Å². The zero-order valence-electron chi connectivity index (χ0n) is 12.5. The number of aryl methyl sites for hydroxylation is 1. The van der Waals surface area contributed by atoms with Crippen LogP contribution in [0.1, 0.15) is 36.1 Å². The molecule has 0 aliphatic carbocycles. The van der Waals surface area contributed by atoms with E-state index in [0.29, 0.717) is 6.04 Å². The van der Waals surface area contributed by atoms with Crippen LogP contribution < -0.4 is 0 Å². The molecule has 0 spiro atoms. The lowest BCUT2D eigenvalue weighted by Crippen LogP contribution is -2.22. The summed E-state index contributed by atoms with van der Waals surface area (Å²) in [6, 6.07) is 8.23. The van der Waals surface area contributed by atoms with E-state index in [4.69, 9.17) is 8.94 Å². The second-order valence-electron chi connectivity index (χ2n) is 5.74. The van der Waals surface area contributed by atoms with Crippen molar-refractivity contribution >= 4 is 0 Å². The monoisotopic (exact) mass is 298 g/mol. The molecule has 0 unspecified atom stereocenters. The summed E-state index contributed by atoms with van der Waals surface area (Å²) in [5.74, 6) is 2.72. The van der Waals surface area contributed by atoms with Crippen molar-refractivity contribution in [1.29, 1.82) is 0 Å². The van der Waals surface area contributed by atoms with E-state index in [1.165, 1.54) is 6.42 Å². The lowest BCUT2D eigenvalue weighted by molar-refractivity contribution is 0.194. The fourth-order valence-corrected chi connectivity index (χ4v) is 3.08. The third-order valence-electron chi connectivity index (χ3n) is 4.13. The predicted molar refractivity (Wildman–Crippen MR) is 79.9 cm³/mol. The molecule has 0 saturated carbocycles. The molecular formula is C16H18N4O2. The van der Waals surface area contributed by atoms with Crippen molar-refractivity contribution in [2.24, 2.45) is 0 Å². The maximum Gasteiger partial charge on any atom is 0.154 e. The minimum atomic E-state index is 0.293. The van der Waals surface area contributed by atoms with E-state index in [0.717, 1.165) is 48.2 Å². The van der Waals surface area contributed by atoms with E-state index in [1.807, 2.05) is 31.2 Å². The lowest BCUT2D eigenvalue weighted by atomic mass is 10.1. The Balaban J connectivity index is 1.50. The SMILES string of the molecule is Cc1cc([C@H]2CCCN2Cc2ccc(-c3ccn[nH]3)o2)on1. The second-order valence-corrected chi connectivity index (χ2v) is 5.74. The maximum absolute atomic E-state index is 5.92. The smallest absolute Gasteiger partial charge is 0.154 e. The maximum atomic E-state index is 5.92. The van der Waals surface area contributed by atoms with Gasteiger partial charge in [0.15, 0.2) is 11.5 Å². The molecule has 1 aliphatic heterocycles. The van der Waals surface area contributed by atoms with Crippen molar-refractivity contribution in [2.45, 2.75) is 32.4 Å². The van der Waals surface area contributed by atoms with Gasteiger partial charge in [0.2, 0.25) is 0 Å². The molecule has 6 heteroatoms. The van der Waals surface area contributed by atoms with Gasteiger partial charge in [-0.05, 0) is 44.5 Å². The van der Waals surface area contributed by atoms with Gasteiger partial charge in [0.1, 0.15) is 11.5 Å². The highest BCUT2D eigenvalue weighted by molar-refractivity contribution is 5.51. The molecule has 6 nitrogen and oxygen atoms in total. The molecule has 114 valence electrons. The summed E-state index contributed by atoms with van der Waals surface area (Å²) in [6.45, 7) is 3.78. The van der Waals surface area contributed by atoms with Crippen LogP contribution in [0.3, 0.4) is 0 Å². The molecule has 4 rings (SSSR count). The molecule has 1 saturated heterocycles. The molecule has 0 bridgehead atoms. The standard InChI is InChI=1S/C16H18N4O2/c1-11-9-16(22-19-11)14-3-2-8-20(14)10-12-4-5-15(21-12)13-6-7-17-18-13/h4-7,9,14H,2-3,8,10H2,1H3,(H,17,18)/t14-/m1/s1. The van der Waals surface area contributed by atoms with Crippen LogP contribution in [0.5, 0.6) is 0 Å². The number of nitrogens with zero attached hydrogens (tertiary/aromatic N) is 3. The Hall–Kier alpha value is -2.34. The first-order chi connectivity index (χ1) is 10.8. The number of aromatic amines is 1. The van der Waals surface area contributed by atoms with Gasteiger partial charge in [0, 0.05) is 12.3 Å². The molecule has 4 heterocycles. The van der Waals surface area contributed by atoms with Gasteiger partial charge in [-0.3, -0.25) is 10.00 Å². The number of H-pyrrole nitrogens is 1. The van der Waals surface area contributed by atoms with Crippen LogP contribution in [0.2, 0.25) is 0 Å². The molecule has 3 aromatic rings. The number of hydrogen-bond acceptors (Lipinski definition) is 5. The summed E-state index contributed by atoms with van der Waals surface area (Å²) in [6.07, 6.45) is 3.99. The average molecular weight is 298 g/mol. The van der Waals surface area contributed by atoms with Gasteiger partial charge >= 0.3 is 0 Å². The molecule has 0 amide bonds. The first kappa shape index (κ1) is 13.3. The van der Waals surface area contributed by atoms with E-state index >= 15 is 0 Å². The normalized spacial score (nSPS) is 19.0. The van der Waals surface area contributed by atoms with E-state index < -0.39 is 0 Å².